The van der Waals surface area contributed by atoms with Crippen LogP contribution >= 0.6 is 15.6 Å². The highest BCUT2D eigenvalue weighted by Crippen LogP contribution is 2.45. The fraction of sp³-hybridized carbons (Fsp3) is 0.932. The Balaban J connectivity index is 5.22. The second-order valence-corrected chi connectivity index (χ2v) is 25.2. The van der Waals surface area contributed by atoms with Gasteiger partial charge in [-0.2, -0.15) is 0 Å². The minimum absolute atomic E-state index is 0.104. The molecule has 0 rings (SSSR count). The Morgan fingerprint density at radius 3 is 0.872 bits per heavy atom. The van der Waals surface area contributed by atoms with E-state index in [1.807, 2.05) is 0 Å². The third-order valence-corrected chi connectivity index (χ3v) is 15.4. The number of carbonyl (C=O) groups is 4. The van der Waals surface area contributed by atoms with Gasteiger partial charge in [0.1, 0.15) is 19.3 Å². The molecule has 0 saturated carbocycles. The Labute approximate surface area is 473 Å². The first kappa shape index (κ1) is 76.1. The van der Waals surface area contributed by atoms with Crippen molar-refractivity contribution in [3.05, 3.63) is 0 Å². The first-order valence-corrected chi connectivity index (χ1v) is 34.0. The van der Waals surface area contributed by atoms with E-state index < -0.39 is 97.5 Å². The molecule has 0 aliphatic heterocycles. The molecule has 2 unspecified atom stereocenters. The van der Waals surface area contributed by atoms with Crippen molar-refractivity contribution in [1.29, 1.82) is 0 Å². The van der Waals surface area contributed by atoms with Crippen molar-refractivity contribution < 1.29 is 80.2 Å². The summed E-state index contributed by atoms with van der Waals surface area (Å²) in [5.41, 5.74) is 0. The second kappa shape index (κ2) is 51.9. The molecule has 0 amide bonds. The largest absolute Gasteiger partial charge is 0.472 e. The van der Waals surface area contributed by atoms with E-state index in [-0.39, 0.29) is 25.7 Å². The van der Waals surface area contributed by atoms with E-state index in [2.05, 4.69) is 41.5 Å². The SMILES string of the molecule is CCCCCCCCCCCC(=O)O[C@H](COC(=O)CCCCCCCCC)COP(=O)(O)OC[C@H](O)COP(=O)(O)OC[C@@H](COC(=O)CCCCCCCCCC(C)C)OC(=O)CCCCCCCCCCCC(C)C. The number of phosphoric ester groups is 2. The molecule has 0 aliphatic rings. The van der Waals surface area contributed by atoms with Crippen molar-refractivity contribution in [3.63, 3.8) is 0 Å². The maximum absolute atomic E-state index is 12.9. The van der Waals surface area contributed by atoms with Crippen LogP contribution in [0.5, 0.6) is 0 Å². The van der Waals surface area contributed by atoms with Crippen LogP contribution in [0.3, 0.4) is 0 Å². The Hall–Kier alpha value is -1.94. The highest BCUT2D eigenvalue weighted by Gasteiger charge is 2.30. The molecule has 0 aromatic carbocycles. The van der Waals surface area contributed by atoms with Gasteiger partial charge in [0.25, 0.3) is 0 Å². The van der Waals surface area contributed by atoms with Crippen LogP contribution < -0.4 is 0 Å². The van der Waals surface area contributed by atoms with Crippen molar-refractivity contribution >= 4 is 39.5 Å². The van der Waals surface area contributed by atoms with E-state index in [1.54, 1.807) is 0 Å². The normalized spacial score (nSPS) is 14.4. The number of hydrogen-bond donors (Lipinski definition) is 3. The molecular weight excluding hydrogens is 1040 g/mol. The van der Waals surface area contributed by atoms with Gasteiger partial charge in [-0.05, 0) is 37.5 Å². The van der Waals surface area contributed by atoms with Gasteiger partial charge in [0.15, 0.2) is 12.2 Å². The van der Waals surface area contributed by atoms with Crippen molar-refractivity contribution in [2.45, 2.75) is 304 Å². The number of ether oxygens (including phenoxy) is 4. The number of hydrogen-bond acceptors (Lipinski definition) is 15. The summed E-state index contributed by atoms with van der Waals surface area (Å²) in [6.45, 7) is 9.32. The van der Waals surface area contributed by atoms with Gasteiger partial charge in [-0.1, -0.05) is 234 Å². The van der Waals surface area contributed by atoms with Crippen molar-refractivity contribution in [2.75, 3.05) is 39.6 Å². The molecule has 3 N–H and O–H groups in total. The number of unbranched alkanes of at least 4 members (excludes halogenated alkanes) is 28. The molecule has 0 aliphatic carbocycles. The highest BCUT2D eigenvalue weighted by molar-refractivity contribution is 7.47. The summed E-state index contributed by atoms with van der Waals surface area (Å²) in [4.78, 5) is 71.8. The third kappa shape index (κ3) is 53.4. The third-order valence-electron chi connectivity index (χ3n) is 13.5. The zero-order valence-corrected chi connectivity index (χ0v) is 51.7. The Morgan fingerprint density at radius 1 is 0.346 bits per heavy atom. The molecule has 462 valence electrons. The standard InChI is InChI=1S/C59H114O17P2/c1-7-9-11-13-15-17-24-31-37-43-58(63)75-54(47-69-56(61)41-35-29-21-14-12-10-8-2)49-73-77(65,66)71-45-53(60)46-72-78(67,68)74-50-55(48-70-57(62)42-36-30-26-20-23-28-34-40-52(5)6)76-59(64)44-38-32-25-19-16-18-22-27-33-39-51(3)4/h51-55,60H,7-50H2,1-6H3,(H,65,66)(H,67,68)/t53-,54+,55+/m0/s1. The minimum atomic E-state index is -4.94. The summed E-state index contributed by atoms with van der Waals surface area (Å²) in [7, 11) is -9.87. The average molecular weight is 1160 g/mol. The van der Waals surface area contributed by atoms with Crippen LogP contribution in [0.4, 0.5) is 0 Å². The molecule has 5 atom stereocenters. The Morgan fingerprint density at radius 2 is 0.590 bits per heavy atom. The number of esters is 4. The highest BCUT2D eigenvalue weighted by atomic mass is 31.2. The van der Waals surface area contributed by atoms with E-state index in [1.165, 1.54) is 83.5 Å². The van der Waals surface area contributed by atoms with Crippen molar-refractivity contribution in [3.8, 4) is 0 Å². The van der Waals surface area contributed by atoms with E-state index in [9.17, 15) is 43.2 Å². The number of carbonyl (C=O) groups excluding carboxylic acids is 4. The maximum atomic E-state index is 12.9. The fourth-order valence-corrected chi connectivity index (χ4v) is 10.2. The molecular formula is C59H114O17P2. The van der Waals surface area contributed by atoms with Gasteiger partial charge in [0.05, 0.1) is 26.4 Å². The second-order valence-electron chi connectivity index (χ2n) is 22.3. The van der Waals surface area contributed by atoms with Crippen LogP contribution in [0, 0.1) is 11.8 Å². The molecule has 0 spiro atoms. The first-order chi connectivity index (χ1) is 37.4. The summed E-state index contributed by atoms with van der Waals surface area (Å²) in [5.74, 6) is -0.706. The molecule has 0 aromatic heterocycles. The first-order valence-electron chi connectivity index (χ1n) is 31.0. The summed E-state index contributed by atoms with van der Waals surface area (Å²) >= 11 is 0. The number of phosphoric acid groups is 2. The average Bonchev–Trinajstić information content (AvgIpc) is 3.39. The molecule has 78 heavy (non-hydrogen) atoms. The zero-order chi connectivity index (χ0) is 58.0. The van der Waals surface area contributed by atoms with Crippen LogP contribution in [0.2, 0.25) is 0 Å². The Kier molecular flexibility index (Phi) is 50.6. The van der Waals surface area contributed by atoms with Crippen LogP contribution in [-0.2, 0) is 65.4 Å². The van der Waals surface area contributed by atoms with E-state index in [0.717, 1.165) is 115 Å². The van der Waals surface area contributed by atoms with Crippen LogP contribution in [0.15, 0.2) is 0 Å². The summed E-state index contributed by atoms with van der Waals surface area (Å²) in [6, 6.07) is 0. The van der Waals surface area contributed by atoms with E-state index in [4.69, 9.17) is 37.0 Å². The molecule has 17 nitrogen and oxygen atoms in total. The van der Waals surface area contributed by atoms with Crippen LogP contribution in [0.25, 0.3) is 0 Å². The number of aliphatic hydroxyl groups is 1. The molecule has 0 saturated heterocycles. The van der Waals surface area contributed by atoms with Gasteiger partial charge in [-0.3, -0.25) is 37.3 Å². The molecule has 0 radical (unpaired) electrons. The van der Waals surface area contributed by atoms with Gasteiger partial charge >= 0.3 is 39.5 Å². The lowest BCUT2D eigenvalue weighted by Crippen LogP contribution is -2.30. The van der Waals surface area contributed by atoms with Gasteiger partial charge < -0.3 is 33.8 Å². The number of rotatable bonds is 58. The van der Waals surface area contributed by atoms with Gasteiger partial charge in [-0.15, -0.1) is 0 Å². The van der Waals surface area contributed by atoms with Crippen molar-refractivity contribution in [2.24, 2.45) is 11.8 Å². The molecule has 0 bridgehead atoms. The molecule has 19 heteroatoms. The summed E-state index contributed by atoms with van der Waals surface area (Å²) < 4.78 is 67.6. The predicted molar refractivity (Wildman–Crippen MR) is 308 cm³/mol. The fourth-order valence-electron chi connectivity index (χ4n) is 8.65. The van der Waals surface area contributed by atoms with Crippen LogP contribution in [-0.4, -0.2) is 96.7 Å². The summed E-state index contributed by atoms with van der Waals surface area (Å²) in [6.07, 6.45) is 32.3. The predicted octanol–water partition coefficient (Wildman–Crippen LogP) is 15.7. The van der Waals surface area contributed by atoms with Gasteiger partial charge in [0, 0.05) is 25.7 Å². The molecule has 0 heterocycles. The number of aliphatic hydroxyl groups excluding tert-OH is 1. The quantitative estimate of drug-likeness (QED) is 0.0222. The lowest BCUT2D eigenvalue weighted by molar-refractivity contribution is -0.161. The van der Waals surface area contributed by atoms with E-state index >= 15 is 0 Å². The van der Waals surface area contributed by atoms with Gasteiger partial charge in [0.2, 0.25) is 0 Å². The van der Waals surface area contributed by atoms with Crippen LogP contribution in [0.1, 0.15) is 286 Å². The molecule has 0 aromatic rings. The monoisotopic (exact) mass is 1160 g/mol. The van der Waals surface area contributed by atoms with Crippen molar-refractivity contribution in [1.82, 2.24) is 0 Å². The smallest absolute Gasteiger partial charge is 0.462 e. The van der Waals surface area contributed by atoms with E-state index in [0.29, 0.717) is 31.6 Å². The maximum Gasteiger partial charge on any atom is 0.472 e. The zero-order valence-electron chi connectivity index (χ0n) is 50.0. The lowest BCUT2D eigenvalue weighted by Gasteiger charge is -2.21. The van der Waals surface area contributed by atoms with Gasteiger partial charge in [-0.25, -0.2) is 9.13 Å². The summed E-state index contributed by atoms with van der Waals surface area (Å²) in [5, 5.41) is 10.5. The lowest BCUT2D eigenvalue weighted by atomic mass is 10.0. The molecule has 0 fully saturated rings. The topological polar surface area (TPSA) is 237 Å². The Bertz CT molecular complexity index is 1550. The minimum Gasteiger partial charge on any atom is -0.462 e.